The first-order valence-corrected chi connectivity index (χ1v) is 7.60. The Morgan fingerprint density at radius 3 is 2.65 bits per heavy atom. The lowest BCUT2D eigenvalue weighted by Gasteiger charge is -2.12. The number of pyridine rings is 1. The molecule has 1 aromatic heterocycles. The van der Waals surface area contributed by atoms with Crippen LogP contribution in [0.5, 0.6) is 0 Å². The Bertz CT molecular complexity index is 941. The molecule has 0 saturated carbocycles. The van der Waals surface area contributed by atoms with Gasteiger partial charge in [0.15, 0.2) is 0 Å². The number of nitrogens with one attached hydrogen (secondary N) is 1. The predicted molar refractivity (Wildman–Crippen MR) is 93.0 cm³/mol. The fourth-order valence-corrected chi connectivity index (χ4v) is 2.69. The molecule has 3 rings (SSSR count). The van der Waals surface area contributed by atoms with Crippen molar-refractivity contribution in [2.45, 2.75) is 20.4 Å². The van der Waals surface area contributed by atoms with Gasteiger partial charge in [-0.15, -0.1) is 0 Å². The Labute approximate surface area is 134 Å². The molecule has 23 heavy (non-hydrogen) atoms. The Morgan fingerprint density at radius 1 is 1.13 bits per heavy atom. The van der Waals surface area contributed by atoms with Crippen molar-refractivity contribution in [2.24, 2.45) is 0 Å². The predicted octanol–water partition coefficient (Wildman–Crippen LogP) is 3.58. The summed E-state index contributed by atoms with van der Waals surface area (Å²) in [5.74, 6) is -0.381. The van der Waals surface area contributed by atoms with Crippen LogP contribution in [0.1, 0.15) is 22.8 Å². The van der Waals surface area contributed by atoms with Gasteiger partial charge < -0.3 is 9.88 Å². The average molecular weight is 306 g/mol. The van der Waals surface area contributed by atoms with Crippen molar-refractivity contribution >= 4 is 22.5 Å². The maximum Gasteiger partial charge on any atom is 0.261 e. The number of benzene rings is 2. The topological polar surface area (TPSA) is 51.1 Å². The van der Waals surface area contributed by atoms with E-state index in [0.29, 0.717) is 17.6 Å². The maximum absolute atomic E-state index is 12.6. The van der Waals surface area contributed by atoms with Crippen LogP contribution in [0.25, 0.3) is 10.9 Å². The number of anilines is 1. The lowest BCUT2D eigenvalue weighted by molar-refractivity contribution is 0.102. The van der Waals surface area contributed by atoms with E-state index in [2.05, 4.69) is 5.32 Å². The van der Waals surface area contributed by atoms with Crippen molar-refractivity contribution in [3.8, 4) is 0 Å². The van der Waals surface area contributed by atoms with Crippen LogP contribution in [0.3, 0.4) is 0 Å². The van der Waals surface area contributed by atoms with Crippen LogP contribution in [0.2, 0.25) is 0 Å². The quantitative estimate of drug-likeness (QED) is 0.804. The zero-order chi connectivity index (χ0) is 16.4. The summed E-state index contributed by atoms with van der Waals surface area (Å²) in [5, 5.41) is 3.36. The molecule has 0 saturated heterocycles. The molecule has 2 aromatic carbocycles. The van der Waals surface area contributed by atoms with Gasteiger partial charge in [0.1, 0.15) is 5.56 Å². The Hall–Kier alpha value is -2.88. The van der Waals surface area contributed by atoms with Gasteiger partial charge in [-0.1, -0.05) is 24.3 Å². The molecule has 0 aliphatic heterocycles. The fraction of sp³-hybridized carbons (Fsp3) is 0.158. The zero-order valence-corrected chi connectivity index (χ0v) is 13.2. The van der Waals surface area contributed by atoms with Crippen LogP contribution >= 0.6 is 0 Å². The van der Waals surface area contributed by atoms with Gasteiger partial charge >= 0.3 is 0 Å². The SMILES string of the molecule is CCn1cc(C(=O)Nc2cccc(C)c2)c(=O)c2ccccc21. The third kappa shape index (κ3) is 2.88. The van der Waals surface area contributed by atoms with Gasteiger partial charge in [-0.3, -0.25) is 9.59 Å². The number of carbonyl (C=O) groups excluding carboxylic acids is 1. The summed E-state index contributed by atoms with van der Waals surface area (Å²) in [4.78, 5) is 25.2. The molecule has 0 spiro atoms. The van der Waals surface area contributed by atoms with Gasteiger partial charge in [0, 0.05) is 23.8 Å². The molecule has 0 aliphatic carbocycles. The molecule has 0 fully saturated rings. The van der Waals surface area contributed by atoms with Crippen LogP contribution in [0.15, 0.2) is 59.5 Å². The van der Waals surface area contributed by atoms with Crippen molar-refractivity contribution in [1.82, 2.24) is 4.57 Å². The summed E-state index contributed by atoms with van der Waals surface area (Å²) in [7, 11) is 0. The number of carbonyl (C=O) groups is 1. The van der Waals surface area contributed by atoms with E-state index in [9.17, 15) is 9.59 Å². The number of aryl methyl sites for hydroxylation is 2. The molecular weight excluding hydrogens is 288 g/mol. The smallest absolute Gasteiger partial charge is 0.261 e. The summed E-state index contributed by atoms with van der Waals surface area (Å²) < 4.78 is 1.92. The van der Waals surface area contributed by atoms with Crippen molar-refractivity contribution in [3.05, 3.63) is 76.1 Å². The number of para-hydroxylation sites is 1. The highest BCUT2D eigenvalue weighted by molar-refractivity contribution is 6.05. The zero-order valence-electron chi connectivity index (χ0n) is 13.2. The van der Waals surface area contributed by atoms with Crippen molar-refractivity contribution in [2.75, 3.05) is 5.32 Å². The molecule has 0 bridgehead atoms. The number of aromatic nitrogens is 1. The normalized spacial score (nSPS) is 10.7. The number of hydrogen-bond donors (Lipinski definition) is 1. The van der Waals surface area contributed by atoms with E-state index in [1.807, 2.05) is 60.9 Å². The number of fused-ring (bicyclic) bond motifs is 1. The molecule has 4 nitrogen and oxygen atoms in total. The highest BCUT2D eigenvalue weighted by Gasteiger charge is 2.15. The van der Waals surface area contributed by atoms with E-state index in [1.54, 1.807) is 12.3 Å². The molecule has 0 unspecified atom stereocenters. The second-order valence-electron chi connectivity index (χ2n) is 5.50. The minimum absolute atomic E-state index is 0.159. The van der Waals surface area contributed by atoms with Crippen LogP contribution in [0, 0.1) is 6.92 Å². The molecule has 0 radical (unpaired) electrons. The van der Waals surface area contributed by atoms with E-state index >= 15 is 0 Å². The number of rotatable bonds is 3. The van der Waals surface area contributed by atoms with Crippen LogP contribution in [0.4, 0.5) is 5.69 Å². The Kier molecular flexibility index (Phi) is 3.98. The van der Waals surface area contributed by atoms with Crippen LogP contribution < -0.4 is 10.7 Å². The molecule has 0 atom stereocenters. The number of amides is 1. The van der Waals surface area contributed by atoms with E-state index in [4.69, 9.17) is 0 Å². The molecule has 4 heteroatoms. The highest BCUT2D eigenvalue weighted by atomic mass is 16.2. The van der Waals surface area contributed by atoms with Gasteiger partial charge in [0.25, 0.3) is 5.91 Å². The highest BCUT2D eigenvalue weighted by Crippen LogP contribution is 2.14. The van der Waals surface area contributed by atoms with Crippen LogP contribution in [-0.4, -0.2) is 10.5 Å². The molecule has 1 heterocycles. The minimum atomic E-state index is -0.381. The first-order chi connectivity index (χ1) is 11.1. The van der Waals surface area contributed by atoms with Crippen molar-refractivity contribution in [1.29, 1.82) is 0 Å². The van der Waals surface area contributed by atoms with E-state index in [-0.39, 0.29) is 16.9 Å². The monoisotopic (exact) mass is 306 g/mol. The lowest BCUT2D eigenvalue weighted by atomic mass is 10.1. The molecule has 116 valence electrons. The third-order valence-electron chi connectivity index (χ3n) is 3.85. The van der Waals surface area contributed by atoms with E-state index in [0.717, 1.165) is 11.1 Å². The molecular formula is C19H18N2O2. The largest absolute Gasteiger partial charge is 0.347 e. The molecule has 1 N–H and O–H groups in total. The standard InChI is InChI=1S/C19H18N2O2/c1-3-21-12-16(18(22)15-9-4-5-10-17(15)21)19(23)20-14-8-6-7-13(2)11-14/h4-12H,3H2,1-2H3,(H,20,23). The Balaban J connectivity index is 2.07. The van der Waals surface area contributed by atoms with Gasteiger partial charge in [-0.05, 0) is 43.7 Å². The maximum atomic E-state index is 12.6. The summed E-state index contributed by atoms with van der Waals surface area (Å²) in [5.41, 5.74) is 2.49. The fourth-order valence-electron chi connectivity index (χ4n) is 2.69. The number of hydrogen-bond acceptors (Lipinski definition) is 2. The second kappa shape index (κ2) is 6.08. The van der Waals surface area contributed by atoms with E-state index in [1.165, 1.54) is 0 Å². The molecule has 0 aliphatic rings. The summed E-state index contributed by atoms with van der Waals surface area (Å²) >= 11 is 0. The molecule has 3 aromatic rings. The van der Waals surface area contributed by atoms with Gasteiger partial charge in [0.2, 0.25) is 5.43 Å². The van der Waals surface area contributed by atoms with Crippen LogP contribution in [-0.2, 0) is 6.54 Å². The summed E-state index contributed by atoms with van der Waals surface area (Å²) in [6.45, 7) is 4.63. The van der Waals surface area contributed by atoms with Gasteiger partial charge in [0.05, 0.1) is 5.52 Å². The van der Waals surface area contributed by atoms with Gasteiger partial charge in [-0.25, -0.2) is 0 Å². The van der Waals surface area contributed by atoms with E-state index < -0.39 is 0 Å². The summed E-state index contributed by atoms with van der Waals surface area (Å²) in [6, 6.07) is 14.9. The Morgan fingerprint density at radius 2 is 1.91 bits per heavy atom. The first kappa shape index (κ1) is 15.0. The lowest BCUT2D eigenvalue weighted by Crippen LogP contribution is -2.23. The van der Waals surface area contributed by atoms with Crippen molar-refractivity contribution < 1.29 is 4.79 Å². The van der Waals surface area contributed by atoms with Gasteiger partial charge in [-0.2, -0.15) is 0 Å². The number of nitrogens with zero attached hydrogens (tertiary/aromatic N) is 1. The summed E-state index contributed by atoms with van der Waals surface area (Å²) in [6.07, 6.45) is 1.63. The third-order valence-corrected chi connectivity index (χ3v) is 3.85. The second-order valence-corrected chi connectivity index (χ2v) is 5.50. The minimum Gasteiger partial charge on any atom is -0.347 e. The first-order valence-electron chi connectivity index (χ1n) is 7.60. The molecule has 1 amide bonds. The average Bonchev–Trinajstić information content (AvgIpc) is 2.55. The van der Waals surface area contributed by atoms with Crippen molar-refractivity contribution in [3.63, 3.8) is 0 Å².